The molecule has 0 spiro atoms. The number of aromatic nitrogens is 2. The molecule has 4 nitrogen and oxygen atoms in total. The van der Waals surface area contributed by atoms with Gasteiger partial charge in [-0.05, 0) is 61.4 Å². The van der Waals surface area contributed by atoms with E-state index < -0.39 is 0 Å². The molecule has 1 aromatic heterocycles. The number of hydrogen-bond acceptors (Lipinski definition) is 3. The van der Waals surface area contributed by atoms with Crippen LogP contribution in [-0.4, -0.2) is 33.9 Å². The Bertz CT molecular complexity index is 1030. The fourth-order valence-electron chi connectivity index (χ4n) is 3.88. The van der Waals surface area contributed by atoms with Crippen molar-refractivity contribution < 1.29 is 13.6 Å². The number of benzene rings is 2. The molecule has 2 aromatic carbocycles. The topological polar surface area (TPSA) is 46.1 Å². The van der Waals surface area contributed by atoms with Gasteiger partial charge >= 0.3 is 0 Å². The predicted octanol–water partition coefficient (Wildman–Crippen LogP) is 5.20. The SMILES string of the molecule is CCC(=O)N1CCC(c2cnc(-c3ccc(F)cc3)c(-c3ccc(F)cc3)n2)CC1. The summed E-state index contributed by atoms with van der Waals surface area (Å²) in [6, 6.07) is 12.3. The molecule has 154 valence electrons. The first-order valence-corrected chi connectivity index (χ1v) is 10.2. The van der Waals surface area contributed by atoms with Crippen LogP contribution >= 0.6 is 0 Å². The van der Waals surface area contributed by atoms with Crippen LogP contribution < -0.4 is 0 Å². The highest BCUT2D eigenvalue weighted by molar-refractivity contribution is 5.78. The Balaban J connectivity index is 1.69. The van der Waals surface area contributed by atoms with E-state index in [9.17, 15) is 13.6 Å². The zero-order chi connectivity index (χ0) is 21.1. The molecule has 1 amide bonds. The second-order valence-corrected chi connectivity index (χ2v) is 7.51. The average molecular weight is 407 g/mol. The summed E-state index contributed by atoms with van der Waals surface area (Å²) in [5, 5.41) is 0. The van der Waals surface area contributed by atoms with Gasteiger partial charge in [0.2, 0.25) is 5.91 Å². The van der Waals surface area contributed by atoms with Crippen molar-refractivity contribution in [3.05, 3.63) is 72.1 Å². The molecule has 0 saturated carbocycles. The number of piperidine rings is 1. The van der Waals surface area contributed by atoms with E-state index in [1.165, 1.54) is 24.3 Å². The van der Waals surface area contributed by atoms with Crippen molar-refractivity contribution in [3.63, 3.8) is 0 Å². The third-order valence-corrected chi connectivity index (χ3v) is 5.59. The highest BCUT2D eigenvalue weighted by Crippen LogP contribution is 2.33. The number of carbonyl (C=O) groups excluding carboxylic acids is 1. The second kappa shape index (κ2) is 8.69. The van der Waals surface area contributed by atoms with E-state index in [2.05, 4.69) is 4.98 Å². The molecule has 1 aliphatic heterocycles. The molecule has 2 heterocycles. The maximum atomic E-state index is 13.5. The first kappa shape index (κ1) is 20.1. The molecule has 0 atom stereocenters. The van der Waals surface area contributed by atoms with Gasteiger partial charge in [0.05, 0.1) is 17.1 Å². The molecular weight excluding hydrogens is 384 g/mol. The van der Waals surface area contributed by atoms with E-state index in [-0.39, 0.29) is 23.5 Å². The molecule has 0 radical (unpaired) electrons. The van der Waals surface area contributed by atoms with Crippen molar-refractivity contribution in [2.24, 2.45) is 0 Å². The third-order valence-electron chi connectivity index (χ3n) is 5.59. The lowest BCUT2D eigenvalue weighted by atomic mass is 9.93. The number of carbonyl (C=O) groups is 1. The Morgan fingerprint density at radius 2 is 1.47 bits per heavy atom. The Morgan fingerprint density at radius 3 is 2.00 bits per heavy atom. The summed E-state index contributed by atoms with van der Waals surface area (Å²) < 4.78 is 26.8. The molecular formula is C24H23F2N3O. The maximum absolute atomic E-state index is 13.5. The quantitative estimate of drug-likeness (QED) is 0.597. The number of likely N-dealkylation sites (tertiary alicyclic amines) is 1. The first-order valence-electron chi connectivity index (χ1n) is 10.2. The fourth-order valence-corrected chi connectivity index (χ4v) is 3.88. The molecule has 30 heavy (non-hydrogen) atoms. The summed E-state index contributed by atoms with van der Waals surface area (Å²) in [4.78, 5) is 23.4. The van der Waals surface area contributed by atoms with Crippen LogP contribution in [0.3, 0.4) is 0 Å². The van der Waals surface area contributed by atoms with Gasteiger partial charge in [0, 0.05) is 42.8 Å². The normalized spacial score (nSPS) is 14.7. The largest absolute Gasteiger partial charge is 0.343 e. The smallest absolute Gasteiger partial charge is 0.222 e. The van der Waals surface area contributed by atoms with E-state index >= 15 is 0 Å². The van der Waals surface area contributed by atoms with Gasteiger partial charge in [0.25, 0.3) is 0 Å². The summed E-state index contributed by atoms with van der Waals surface area (Å²) >= 11 is 0. The van der Waals surface area contributed by atoms with Crippen LogP contribution in [0.4, 0.5) is 8.78 Å². The minimum atomic E-state index is -0.320. The highest BCUT2D eigenvalue weighted by Gasteiger charge is 2.25. The van der Waals surface area contributed by atoms with E-state index in [0.717, 1.165) is 29.7 Å². The van der Waals surface area contributed by atoms with Gasteiger partial charge in [0.1, 0.15) is 11.6 Å². The van der Waals surface area contributed by atoms with Crippen molar-refractivity contribution in [1.29, 1.82) is 0 Å². The summed E-state index contributed by atoms with van der Waals surface area (Å²) in [5.74, 6) is -0.253. The highest BCUT2D eigenvalue weighted by atomic mass is 19.1. The molecule has 0 bridgehead atoms. The molecule has 3 aromatic rings. The average Bonchev–Trinajstić information content (AvgIpc) is 2.79. The molecule has 6 heteroatoms. The summed E-state index contributed by atoms with van der Waals surface area (Å²) in [6.07, 6.45) is 3.96. The van der Waals surface area contributed by atoms with Gasteiger partial charge in [0.15, 0.2) is 0 Å². The van der Waals surface area contributed by atoms with Crippen LogP contribution in [0.1, 0.15) is 37.8 Å². The molecule has 1 aliphatic rings. The van der Waals surface area contributed by atoms with Crippen LogP contribution in [0.2, 0.25) is 0 Å². The monoisotopic (exact) mass is 407 g/mol. The van der Waals surface area contributed by atoms with E-state index in [4.69, 9.17) is 4.98 Å². The lowest BCUT2D eigenvalue weighted by Gasteiger charge is -2.31. The lowest BCUT2D eigenvalue weighted by Crippen LogP contribution is -2.37. The van der Waals surface area contributed by atoms with Crippen molar-refractivity contribution in [2.45, 2.75) is 32.1 Å². The molecule has 0 N–H and O–H groups in total. The van der Waals surface area contributed by atoms with Gasteiger partial charge in [-0.15, -0.1) is 0 Å². The van der Waals surface area contributed by atoms with Crippen molar-refractivity contribution in [1.82, 2.24) is 14.9 Å². The summed E-state index contributed by atoms with van der Waals surface area (Å²) in [5.41, 5.74) is 3.64. The van der Waals surface area contributed by atoms with E-state index in [0.29, 0.717) is 30.9 Å². The minimum absolute atomic E-state index is 0.179. The van der Waals surface area contributed by atoms with Gasteiger partial charge in [-0.3, -0.25) is 9.78 Å². The molecule has 1 saturated heterocycles. The number of nitrogens with zero attached hydrogens (tertiary/aromatic N) is 3. The summed E-state index contributed by atoms with van der Waals surface area (Å²) in [6.45, 7) is 3.30. The second-order valence-electron chi connectivity index (χ2n) is 7.51. The van der Waals surface area contributed by atoms with Gasteiger partial charge in [-0.2, -0.15) is 0 Å². The Hall–Kier alpha value is -3.15. The van der Waals surface area contributed by atoms with Crippen LogP contribution in [0.5, 0.6) is 0 Å². The Morgan fingerprint density at radius 1 is 0.933 bits per heavy atom. The number of halogens is 2. The molecule has 4 rings (SSSR count). The molecule has 1 fully saturated rings. The van der Waals surface area contributed by atoms with Crippen molar-refractivity contribution in [2.75, 3.05) is 13.1 Å². The standard InChI is InChI=1S/C24H23F2N3O/c1-2-22(30)29-13-11-16(12-14-29)21-15-27-23(17-3-7-19(25)8-4-17)24(28-21)18-5-9-20(26)10-6-18/h3-10,15-16H,2,11-14H2,1H3. The number of rotatable bonds is 4. The molecule has 0 aliphatic carbocycles. The minimum Gasteiger partial charge on any atom is -0.343 e. The summed E-state index contributed by atoms with van der Waals surface area (Å²) in [7, 11) is 0. The van der Waals surface area contributed by atoms with Gasteiger partial charge in [-0.1, -0.05) is 6.92 Å². The van der Waals surface area contributed by atoms with Crippen LogP contribution in [0.15, 0.2) is 54.7 Å². The fraction of sp³-hybridized carbons (Fsp3) is 0.292. The number of amides is 1. The Kier molecular flexibility index (Phi) is 5.84. The predicted molar refractivity (Wildman–Crippen MR) is 112 cm³/mol. The van der Waals surface area contributed by atoms with Crippen LogP contribution in [-0.2, 0) is 4.79 Å². The van der Waals surface area contributed by atoms with Crippen molar-refractivity contribution >= 4 is 5.91 Å². The van der Waals surface area contributed by atoms with Crippen LogP contribution in [0.25, 0.3) is 22.5 Å². The van der Waals surface area contributed by atoms with Crippen LogP contribution in [0, 0.1) is 11.6 Å². The van der Waals surface area contributed by atoms with Crippen molar-refractivity contribution in [3.8, 4) is 22.5 Å². The lowest BCUT2D eigenvalue weighted by molar-refractivity contribution is -0.131. The van der Waals surface area contributed by atoms with Gasteiger partial charge < -0.3 is 4.90 Å². The van der Waals surface area contributed by atoms with E-state index in [1.54, 1.807) is 30.5 Å². The molecule has 0 unspecified atom stereocenters. The maximum Gasteiger partial charge on any atom is 0.222 e. The Labute approximate surface area is 174 Å². The number of hydrogen-bond donors (Lipinski definition) is 0. The third kappa shape index (κ3) is 4.22. The zero-order valence-corrected chi connectivity index (χ0v) is 16.8. The van der Waals surface area contributed by atoms with Gasteiger partial charge in [-0.25, -0.2) is 13.8 Å². The first-order chi connectivity index (χ1) is 14.5. The zero-order valence-electron chi connectivity index (χ0n) is 16.8. The van der Waals surface area contributed by atoms with E-state index in [1.807, 2.05) is 11.8 Å².